The molecular formula is C11H19N3O2S. The zero-order chi connectivity index (χ0) is 12.1. The molecule has 1 aromatic heterocycles. The average molecular weight is 257 g/mol. The number of aromatic nitrogens is 1. The SMILES string of the molecule is O=S(=O)(CC1CCCCN1)NCc1cc[nH]c1. The molecule has 17 heavy (non-hydrogen) atoms. The van der Waals surface area contributed by atoms with Crippen LogP contribution >= 0.6 is 0 Å². The molecule has 1 atom stereocenters. The van der Waals surface area contributed by atoms with E-state index in [2.05, 4.69) is 15.0 Å². The standard InChI is InChI=1S/C11H19N3O2S/c15-17(16,9-11-3-1-2-5-13-11)14-8-10-4-6-12-7-10/h4,6-7,11-14H,1-3,5,8-9H2. The van der Waals surface area contributed by atoms with Gasteiger partial charge in [0.15, 0.2) is 0 Å². The summed E-state index contributed by atoms with van der Waals surface area (Å²) in [7, 11) is -3.18. The van der Waals surface area contributed by atoms with E-state index in [0.29, 0.717) is 6.54 Å². The third-order valence-corrected chi connectivity index (χ3v) is 4.42. The van der Waals surface area contributed by atoms with Crippen molar-refractivity contribution in [3.8, 4) is 0 Å². The number of aromatic amines is 1. The largest absolute Gasteiger partial charge is 0.367 e. The molecule has 1 unspecified atom stereocenters. The Labute approximate surface area is 102 Å². The molecule has 1 aliphatic rings. The van der Waals surface area contributed by atoms with E-state index in [0.717, 1.165) is 31.4 Å². The van der Waals surface area contributed by atoms with Crippen LogP contribution in [0.15, 0.2) is 18.5 Å². The molecule has 2 heterocycles. The maximum absolute atomic E-state index is 11.8. The van der Waals surface area contributed by atoms with E-state index in [1.807, 2.05) is 6.07 Å². The van der Waals surface area contributed by atoms with Crippen molar-refractivity contribution in [3.05, 3.63) is 24.0 Å². The molecule has 1 aromatic rings. The second-order valence-electron chi connectivity index (χ2n) is 4.47. The highest BCUT2D eigenvalue weighted by molar-refractivity contribution is 7.89. The van der Waals surface area contributed by atoms with Gasteiger partial charge in [0, 0.05) is 25.0 Å². The summed E-state index contributed by atoms with van der Waals surface area (Å²) in [5.74, 6) is 0.178. The Bertz CT molecular complexity index is 422. The van der Waals surface area contributed by atoms with Crippen molar-refractivity contribution < 1.29 is 8.42 Å². The molecular weight excluding hydrogens is 238 g/mol. The fourth-order valence-corrected chi connectivity index (χ4v) is 3.37. The van der Waals surface area contributed by atoms with Crippen LogP contribution in [0, 0.1) is 0 Å². The Morgan fingerprint density at radius 2 is 2.29 bits per heavy atom. The van der Waals surface area contributed by atoms with Gasteiger partial charge in [0.2, 0.25) is 10.0 Å². The van der Waals surface area contributed by atoms with E-state index >= 15 is 0 Å². The molecule has 1 saturated heterocycles. The number of hydrogen-bond acceptors (Lipinski definition) is 3. The van der Waals surface area contributed by atoms with E-state index in [1.54, 1.807) is 12.4 Å². The molecule has 0 spiro atoms. The first-order valence-electron chi connectivity index (χ1n) is 5.98. The summed E-state index contributed by atoms with van der Waals surface area (Å²) in [6, 6.07) is 1.97. The van der Waals surface area contributed by atoms with E-state index in [1.165, 1.54) is 0 Å². The average Bonchev–Trinajstić information content (AvgIpc) is 2.80. The molecule has 5 nitrogen and oxygen atoms in total. The monoisotopic (exact) mass is 257 g/mol. The number of sulfonamides is 1. The van der Waals surface area contributed by atoms with E-state index in [9.17, 15) is 8.42 Å². The fraction of sp³-hybridized carbons (Fsp3) is 0.636. The maximum atomic E-state index is 11.8. The Morgan fingerprint density at radius 3 is 2.94 bits per heavy atom. The van der Waals surface area contributed by atoms with Gasteiger partial charge in [0.1, 0.15) is 0 Å². The van der Waals surface area contributed by atoms with Gasteiger partial charge < -0.3 is 10.3 Å². The molecule has 1 fully saturated rings. The summed E-state index contributed by atoms with van der Waals surface area (Å²) in [6.45, 7) is 1.29. The molecule has 3 N–H and O–H groups in total. The van der Waals surface area contributed by atoms with E-state index < -0.39 is 10.0 Å². The normalized spacial score (nSPS) is 21.5. The van der Waals surface area contributed by atoms with Crippen LogP contribution in [-0.2, 0) is 16.6 Å². The van der Waals surface area contributed by atoms with Gasteiger partial charge in [-0.2, -0.15) is 0 Å². The minimum Gasteiger partial charge on any atom is -0.367 e. The number of rotatable bonds is 5. The highest BCUT2D eigenvalue weighted by atomic mass is 32.2. The first kappa shape index (κ1) is 12.6. The Morgan fingerprint density at radius 1 is 1.41 bits per heavy atom. The molecule has 96 valence electrons. The van der Waals surface area contributed by atoms with Crippen molar-refractivity contribution in [2.45, 2.75) is 31.8 Å². The van der Waals surface area contributed by atoms with Gasteiger partial charge in [-0.05, 0) is 31.0 Å². The molecule has 6 heteroatoms. The van der Waals surface area contributed by atoms with E-state index in [4.69, 9.17) is 0 Å². The van der Waals surface area contributed by atoms with Crippen molar-refractivity contribution in [3.63, 3.8) is 0 Å². The van der Waals surface area contributed by atoms with Crippen molar-refractivity contribution in [1.82, 2.24) is 15.0 Å². The molecule has 1 aliphatic heterocycles. The van der Waals surface area contributed by atoms with Gasteiger partial charge in [-0.3, -0.25) is 0 Å². The van der Waals surface area contributed by atoms with Crippen LogP contribution in [0.4, 0.5) is 0 Å². The maximum Gasteiger partial charge on any atom is 0.213 e. The van der Waals surface area contributed by atoms with Gasteiger partial charge in [0.05, 0.1) is 5.75 Å². The van der Waals surface area contributed by atoms with Crippen LogP contribution in [0.1, 0.15) is 24.8 Å². The highest BCUT2D eigenvalue weighted by Crippen LogP contribution is 2.09. The zero-order valence-electron chi connectivity index (χ0n) is 9.78. The zero-order valence-corrected chi connectivity index (χ0v) is 10.6. The van der Waals surface area contributed by atoms with E-state index in [-0.39, 0.29) is 11.8 Å². The number of nitrogens with one attached hydrogen (secondary N) is 3. The summed E-state index contributed by atoms with van der Waals surface area (Å²) in [5, 5.41) is 3.24. The Kier molecular flexibility index (Phi) is 4.20. The van der Waals surface area contributed by atoms with Crippen molar-refractivity contribution in [1.29, 1.82) is 0 Å². The van der Waals surface area contributed by atoms with Crippen LogP contribution in [0.5, 0.6) is 0 Å². The summed E-state index contributed by atoms with van der Waals surface area (Å²) in [4.78, 5) is 2.90. The minimum atomic E-state index is -3.18. The number of hydrogen-bond donors (Lipinski definition) is 3. The van der Waals surface area contributed by atoms with Crippen LogP contribution in [0.3, 0.4) is 0 Å². The molecule has 0 amide bonds. The number of piperidine rings is 1. The van der Waals surface area contributed by atoms with Crippen molar-refractivity contribution in [2.75, 3.05) is 12.3 Å². The number of H-pyrrole nitrogens is 1. The molecule has 0 aromatic carbocycles. The molecule has 2 rings (SSSR count). The topological polar surface area (TPSA) is 74.0 Å². The van der Waals surface area contributed by atoms with Crippen LogP contribution < -0.4 is 10.0 Å². The second-order valence-corrected chi connectivity index (χ2v) is 6.32. The summed E-state index contributed by atoms with van der Waals surface area (Å²) in [6.07, 6.45) is 6.79. The van der Waals surface area contributed by atoms with Gasteiger partial charge in [-0.25, -0.2) is 13.1 Å². The minimum absolute atomic E-state index is 0.104. The lowest BCUT2D eigenvalue weighted by Gasteiger charge is -2.23. The third kappa shape index (κ3) is 4.14. The predicted molar refractivity (Wildman–Crippen MR) is 67.1 cm³/mol. The van der Waals surface area contributed by atoms with Gasteiger partial charge >= 0.3 is 0 Å². The van der Waals surface area contributed by atoms with Crippen LogP contribution in [0.25, 0.3) is 0 Å². The van der Waals surface area contributed by atoms with Crippen molar-refractivity contribution in [2.24, 2.45) is 0 Å². The van der Waals surface area contributed by atoms with Crippen molar-refractivity contribution >= 4 is 10.0 Å². The van der Waals surface area contributed by atoms with Crippen LogP contribution in [-0.4, -0.2) is 31.7 Å². The Balaban J connectivity index is 1.81. The molecule has 0 bridgehead atoms. The third-order valence-electron chi connectivity index (χ3n) is 2.99. The first-order valence-corrected chi connectivity index (χ1v) is 7.63. The van der Waals surface area contributed by atoms with Gasteiger partial charge in [-0.15, -0.1) is 0 Å². The molecule has 0 aliphatic carbocycles. The predicted octanol–water partition coefficient (Wildman–Crippen LogP) is 0.576. The van der Waals surface area contributed by atoms with Gasteiger partial charge in [0.25, 0.3) is 0 Å². The lowest BCUT2D eigenvalue weighted by Crippen LogP contribution is -2.42. The lowest BCUT2D eigenvalue weighted by molar-refractivity contribution is 0.422. The lowest BCUT2D eigenvalue weighted by atomic mass is 10.1. The molecule has 0 saturated carbocycles. The first-order chi connectivity index (χ1) is 8.16. The summed E-state index contributed by atoms with van der Waals surface area (Å²) in [5.41, 5.74) is 0.949. The summed E-state index contributed by atoms with van der Waals surface area (Å²) < 4.78 is 26.3. The fourth-order valence-electron chi connectivity index (χ4n) is 2.05. The second kappa shape index (κ2) is 5.66. The van der Waals surface area contributed by atoms with Gasteiger partial charge in [-0.1, -0.05) is 6.42 Å². The summed E-state index contributed by atoms with van der Waals surface area (Å²) >= 11 is 0. The highest BCUT2D eigenvalue weighted by Gasteiger charge is 2.20. The quantitative estimate of drug-likeness (QED) is 0.722. The Hall–Kier alpha value is -0.850. The van der Waals surface area contributed by atoms with Crippen LogP contribution in [0.2, 0.25) is 0 Å². The molecule has 0 radical (unpaired) electrons. The smallest absolute Gasteiger partial charge is 0.213 e.